The van der Waals surface area contributed by atoms with Crippen molar-refractivity contribution < 1.29 is 0 Å². The highest BCUT2D eigenvalue weighted by molar-refractivity contribution is 6.12. The zero-order valence-corrected chi connectivity index (χ0v) is 36.6. The van der Waals surface area contributed by atoms with Crippen molar-refractivity contribution in [3.63, 3.8) is 0 Å². The maximum atomic E-state index is 5.24. The quantitative estimate of drug-likeness (QED) is 0.152. The maximum Gasteiger partial charge on any atom is 0.164 e. The van der Waals surface area contributed by atoms with Gasteiger partial charge in [-0.2, -0.15) is 0 Å². The number of nitrogens with zero attached hydrogens (tertiary/aromatic N) is 7. The normalized spacial score (nSPS) is 11.5. The Morgan fingerprint density at radius 2 is 0.647 bits per heavy atom. The summed E-state index contributed by atoms with van der Waals surface area (Å²) < 4.78 is 4.63. The van der Waals surface area contributed by atoms with E-state index in [1.807, 2.05) is 84.9 Å². The molecule has 0 aliphatic carbocycles. The highest BCUT2D eigenvalue weighted by Crippen LogP contribution is 2.39. The highest BCUT2D eigenvalue weighted by atomic mass is 15.1. The molecule has 68 heavy (non-hydrogen) atoms. The minimum absolute atomic E-state index is 0.618. The monoisotopic (exact) mass is 869 g/mol. The standard InChI is InChI=1S/C61H39N7/c1-5-18-40(19-6-1)52-39-57(63-58(62-52)41-20-7-2-8-21-41)68-54-31-16-14-29-49(54)51-38-45(33-35-56(51)68)44-32-34-55-50(37-44)48-28-13-15-30-53(48)67(55)47-27-17-26-46(36-47)61-65-59(42-22-9-3-10-23-42)64-60(66-61)43-24-11-4-12-25-43/h1-39H. The third-order valence-corrected chi connectivity index (χ3v) is 12.8. The molecular formula is C61H39N7. The Labute approximate surface area is 392 Å². The van der Waals surface area contributed by atoms with E-state index in [4.69, 9.17) is 24.9 Å². The zero-order valence-electron chi connectivity index (χ0n) is 36.6. The molecule has 0 bridgehead atoms. The third kappa shape index (κ3) is 6.80. The van der Waals surface area contributed by atoms with Crippen molar-refractivity contribution in [3.8, 4) is 79.4 Å². The van der Waals surface area contributed by atoms with Gasteiger partial charge in [0.15, 0.2) is 23.3 Å². The van der Waals surface area contributed by atoms with E-state index in [2.05, 4.69) is 161 Å². The molecule has 4 aromatic heterocycles. The Balaban J connectivity index is 0.930. The van der Waals surface area contributed by atoms with Crippen LogP contribution >= 0.6 is 0 Å². The van der Waals surface area contributed by atoms with Crippen LogP contribution in [0.2, 0.25) is 0 Å². The van der Waals surface area contributed by atoms with Crippen LogP contribution in [0.15, 0.2) is 237 Å². The van der Waals surface area contributed by atoms with Gasteiger partial charge in [-0.3, -0.25) is 4.57 Å². The van der Waals surface area contributed by atoms with E-state index in [-0.39, 0.29) is 0 Å². The molecule has 0 saturated heterocycles. The molecule has 13 rings (SSSR count). The number of fused-ring (bicyclic) bond motifs is 6. The van der Waals surface area contributed by atoms with Crippen LogP contribution in [0.4, 0.5) is 0 Å². The van der Waals surface area contributed by atoms with Gasteiger partial charge in [0.05, 0.1) is 27.8 Å². The molecule has 0 atom stereocenters. The Bertz CT molecular complexity index is 3900. The Morgan fingerprint density at radius 1 is 0.235 bits per heavy atom. The summed E-state index contributed by atoms with van der Waals surface area (Å²) in [5, 5.41) is 4.67. The number of rotatable bonds is 8. The summed E-state index contributed by atoms with van der Waals surface area (Å²) in [4.78, 5) is 25.3. The fourth-order valence-electron chi connectivity index (χ4n) is 9.57. The number of hydrogen-bond donors (Lipinski definition) is 0. The zero-order chi connectivity index (χ0) is 45.0. The van der Waals surface area contributed by atoms with Crippen molar-refractivity contribution in [1.82, 2.24) is 34.1 Å². The molecule has 7 heteroatoms. The molecule has 4 heterocycles. The summed E-state index contributed by atoms with van der Waals surface area (Å²) in [6, 6.07) is 82.3. The molecule has 9 aromatic carbocycles. The molecule has 7 nitrogen and oxygen atoms in total. The first-order valence-electron chi connectivity index (χ1n) is 22.7. The largest absolute Gasteiger partial charge is 0.309 e. The van der Waals surface area contributed by atoms with Crippen LogP contribution in [0.25, 0.3) is 123 Å². The molecule has 13 aromatic rings. The van der Waals surface area contributed by atoms with Gasteiger partial charge in [0.1, 0.15) is 5.82 Å². The summed E-state index contributed by atoms with van der Waals surface area (Å²) in [7, 11) is 0. The maximum absolute atomic E-state index is 5.24. The van der Waals surface area contributed by atoms with E-state index in [9.17, 15) is 0 Å². The van der Waals surface area contributed by atoms with Crippen molar-refractivity contribution in [1.29, 1.82) is 0 Å². The second-order valence-corrected chi connectivity index (χ2v) is 16.9. The minimum atomic E-state index is 0.618. The Morgan fingerprint density at radius 3 is 1.19 bits per heavy atom. The van der Waals surface area contributed by atoms with Gasteiger partial charge >= 0.3 is 0 Å². The van der Waals surface area contributed by atoms with E-state index < -0.39 is 0 Å². The Hall–Kier alpha value is -9.33. The van der Waals surface area contributed by atoms with Crippen molar-refractivity contribution in [2.75, 3.05) is 0 Å². The predicted octanol–water partition coefficient (Wildman–Crippen LogP) is 14.9. The van der Waals surface area contributed by atoms with Gasteiger partial charge in [0.2, 0.25) is 0 Å². The van der Waals surface area contributed by atoms with E-state index in [0.717, 1.165) is 89.0 Å². The molecule has 318 valence electrons. The van der Waals surface area contributed by atoms with E-state index >= 15 is 0 Å². The molecule has 0 saturated carbocycles. The van der Waals surface area contributed by atoms with Gasteiger partial charge < -0.3 is 4.57 Å². The van der Waals surface area contributed by atoms with Crippen molar-refractivity contribution in [2.45, 2.75) is 0 Å². The minimum Gasteiger partial charge on any atom is -0.309 e. The first kappa shape index (κ1) is 39.1. The number of para-hydroxylation sites is 2. The van der Waals surface area contributed by atoms with Crippen LogP contribution in [-0.4, -0.2) is 34.1 Å². The molecule has 0 aliphatic heterocycles. The van der Waals surface area contributed by atoms with Crippen LogP contribution in [0.1, 0.15) is 0 Å². The first-order valence-corrected chi connectivity index (χ1v) is 22.7. The number of hydrogen-bond acceptors (Lipinski definition) is 5. The first-order chi connectivity index (χ1) is 33.7. The molecule has 0 radical (unpaired) electrons. The number of benzene rings is 9. The number of aromatic nitrogens is 7. The van der Waals surface area contributed by atoms with E-state index in [1.165, 1.54) is 10.8 Å². The second kappa shape index (κ2) is 16.3. The van der Waals surface area contributed by atoms with Crippen LogP contribution in [0.5, 0.6) is 0 Å². The average Bonchev–Trinajstić information content (AvgIpc) is 3.94. The molecule has 0 spiro atoms. The van der Waals surface area contributed by atoms with Crippen LogP contribution in [0, 0.1) is 0 Å². The van der Waals surface area contributed by atoms with Crippen LogP contribution < -0.4 is 0 Å². The third-order valence-electron chi connectivity index (χ3n) is 12.8. The van der Waals surface area contributed by atoms with Gasteiger partial charge in [-0.15, -0.1) is 0 Å². The van der Waals surface area contributed by atoms with Crippen molar-refractivity contribution in [3.05, 3.63) is 237 Å². The van der Waals surface area contributed by atoms with E-state index in [0.29, 0.717) is 23.3 Å². The molecule has 0 aliphatic rings. The summed E-state index contributed by atoms with van der Waals surface area (Å²) >= 11 is 0. The fourth-order valence-corrected chi connectivity index (χ4v) is 9.57. The summed E-state index contributed by atoms with van der Waals surface area (Å²) in [6.07, 6.45) is 0. The van der Waals surface area contributed by atoms with Gasteiger partial charge in [0.25, 0.3) is 0 Å². The lowest BCUT2D eigenvalue weighted by Crippen LogP contribution is -2.02. The van der Waals surface area contributed by atoms with Gasteiger partial charge in [-0.05, 0) is 59.7 Å². The van der Waals surface area contributed by atoms with Crippen molar-refractivity contribution in [2.24, 2.45) is 0 Å². The lowest BCUT2D eigenvalue weighted by Gasteiger charge is -2.12. The Kier molecular flexibility index (Phi) is 9.35. The fraction of sp³-hybridized carbons (Fsp3) is 0. The highest BCUT2D eigenvalue weighted by Gasteiger charge is 2.20. The van der Waals surface area contributed by atoms with Crippen LogP contribution in [0.3, 0.4) is 0 Å². The second-order valence-electron chi connectivity index (χ2n) is 16.9. The van der Waals surface area contributed by atoms with Crippen molar-refractivity contribution >= 4 is 43.6 Å². The van der Waals surface area contributed by atoms with E-state index in [1.54, 1.807) is 0 Å². The predicted molar refractivity (Wildman–Crippen MR) is 277 cm³/mol. The molecule has 0 N–H and O–H groups in total. The van der Waals surface area contributed by atoms with Crippen LogP contribution in [-0.2, 0) is 0 Å². The molecule has 0 unspecified atom stereocenters. The summed E-state index contributed by atoms with van der Waals surface area (Å²) in [6.45, 7) is 0. The topological polar surface area (TPSA) is 74.3 Å². The van der Waals surface area contributed by atoms with Gasteiger partial charge in [-0.25, -0.2) is 24.9 Å². The SMILES string of the molecule is c1ccc(-c2cc(-n3c4ccccc4c4cc(-c5ccc6c(c5)c5ccccc5n6-c5cccc(-c6nc(-c7ccccc7)nc(-c7ccccc7)n6)c5)ccc43)nc(-c3ccccc3)n2)cc1. The van der Waals surface area contributed by atoms with Gasteiger partial charge in [0, 0.05) is 61.1 Å². The summed E-state index contributed by atoms with van der Waals surface area (Å²) in [5.74, 6) is 3.39. The smallest absolute Gasteiger partial charge is 0.164 e. The molecule has 0 fully saturated rings. The molecular weight excluding hydrogens is 831 g/mol. The lowest BCUT2D eigenvalue weighted by atomic mass is 10.0. The summed E-state index contributed by atoms with van der Waals surface area (Å²) in [5.41, 5.74) is 13.4. The van der Waals surface area contributed by atoms with Gasteiger partial charge in [-0.1, -0.05) is 182 Å². The lowest BCUT2D eigenvalue weighted by molar-refractivity contribution is 1.05. The average molecular weight is 870 g/mol. The molecule has 0 amide bonds.